The maximum Gasteiger partial charge on any atom is 0.0218 e. The summed E-state index contributed by atoms with van der Waals surface area (Å²) < 4.78 is 0. The van der Waals surface area contributed by atoms with Crippen LogP contribution in [0.2, 0.25) is 0 Å². The van der Waals surface area contributed by atoms with E-state index in [0.717, 1.165) is 19.1 Å². The second kappa shape index (κ2) is 5.57. The highest BCUT2D eigenvalue weighted by molar-refractivity contribution is 6.25. The van der Waals surface area contributed by atoms with Crippen LogP contribution in [0.25, 0.3) is 0 Å². The molecule has 1 fully saturated rings. The van der Waals surface area contributed by atoms with Gasteiger partial charge < -0.3 is 10.2 Å². The van der Waals surface area contributed by atoms with E-state index >= 15 is 0 Å². The normalized spacial score (nSPS) is 25.7. The lowest BCUT2D eigenvalue weighted by atomic mass is 10.2. The molecule has 1 aliphatic rings. The first kappa shape index (κ1) is 10.0. The Bertz CT molecular complexity index is 147. The molecule has 1 aliphatic heterocycles. The van der Waals surface area contributed by atoms with Crippen molar-refractivity contribution in [3.8, 4) is 0 Å². The molecule has 0 radical (unpaired) electrons. The van der Waals surface area contributed by atoms with Crippen molar-refractivity contribution in [3.05, 3.63) is 11.6 Å². The summed E-state index contributed by atoms with van der Waals surface area (Å²) in [6.07, 6.45) is 4.60. The van der Waals surface area contributed by atoms with Gasteiger partial charge in [0.05, 0.1) is 0 Å². The lowest BCUT2D eigenvalue weighted by Crippen LogP contribution is -2.35. The Hall–Kier alpha value is -0.0500. The quantitative estimate of drug-likeness (QED) is 0.672. The topological polar surface area (TPSA) is 15.3 Å². The van der Waals surface area contributed by atoms with E-state index in [9.17, 15) is 0 Å². The van der Waals surface area contributed by atoms with Gasteiger partial charge >= 0.3 is 0 Å². The highest BCUT2D eigenvalue weighted by Gasteiger charge is 2.19. The largest absolute Gasteiger partial charge is 0.312 e. The lowest BCUT2D eigenvalue weighted by Gasteiger charge is -2.19. The number of nitrogens with one attached hydrogen (secondary N) is 1. The third-order valence-corrected chi connectivity index (χ3v) is 2.58. The number of hydrogen-bond donors (Lipinski definition) is 1. The molecule has 0 bridgehead atoms. The maximum absolute atomic E-state index is 5.39. The first-order valence-corrected chi connectivity index (χ1v) is 4.94. The van der Waals surface area contributed by atoms with E-state index in [1.54, 1.807) is 5.54 Å². The van der Waals surface area contributed by atoms with Crippen LogP contribution in [0.15, 0.2) is 11.6 Å². The van der Waals surface area contributed by atoms with E-state index in [-0.39, 0.29) is 0 Å². The Balaban J connectivity index is 2.06. The first-order valence-electron chi connectivity index (χ1n) is 4.51. The Morgan fingerprint density at radius 2 is 2.50 bits per heavy atom. The summed E-state index contributed by atoms with van der Waals surface area (Å²) in [7, 11) is 2.19. The van der Waals surface area contributed by atoms with Crippen molar-refractivity contribution in [1.29, 1.82) is 0 Å². The summed E-state index contributed by atoms with van der Waals surface area (Å²) in [6.45, 7) is 3.21. The molecule has 12 heavy (non-hydrogen) atoms. The van der Waals surface area contributed by atoms with Gasteiger partial charge in [0.1, 0.15) is 0 Å². The summed E-state index contributed by atoms with van der Waals surface area (Å²) in [5.41, 5.74) is 1.56. The minimum Gasteiger partial charge on any atom is -0.312 e. The van der Waals surface area contributed by atoms with Crippen molar-refractivity contribution in [3.63, 3.8) is 0 Å². The first-order chi connectivity index (χ1) is 5.84. The smallest absolute Gasteiger partial charge is 0.0218 e. The summed E-state index contributed by atoms with van der Waals surface area (Å²) >= 11 is 5.39. The Morgan fingerprint density at radius 1 is 1.67 bits per heavy atom. The van der Waals surface area contributed by atoms with Gasteiger partial charge in [-0.15, -0.1) is 0 Å². The third-order valence-electron chi connectivity index (χ3n) is 2.40. The van der Waals surface area contributed by atoms with Gasteiger partial charge in [-0.25, -0.2) is 0 Å². The van der Waals surface area contributed by atoms with Crippen LogP contribution in [0.1, 0.15) is 12.8 Å². The predicted octanol–water partition coefficient (Wildman–Crippen LogP) is 1.42. The molecule has 0 aromatic carbocycles. The van der Waals surface area contributed by atoms with E-state index in [0.29, 0.717) is 0 Å². The van der Waals surface area contributed by atoms with Crippen LogP contribution in [-0.4, -0.2) is 37.6 Å². The molecule has 3 heteroatoms. The number of likely N-dealkylation sites (N-methyl/N-ethyl adjacent to an activating group) is 1. The number of likely N-dealkylation sites (tertiary alicyclic amines) is 1. The van der Waals surface area contributed by atoms with Crippen LogP contribution in [0.3, 0.4) is 0 Å². The van der Waals surface area contributed by atoms with E-state index in [1.807, 2.05) is 6.08 Å². The molecule has 0 amide bonds. The van der Waals surface area contributed by atoms with Crippen molar-refractivity contribution in [1.82, 2.24) is 10.2 Å². The molecule has 0 aromatic heterocycles. The van der Waals surface area contributed by atoms with Gasteiger partial charge in [-0.05, 0) is 26.4 Å². The summed E-state index contributed by atoms with van der Waals surface area (Å²) in [4.78, 5) is 2.41. The van der Waals surface area contributed by atoms with Crippen LogP contribution < -0.4 is 5.32 Å². The van der Waals surface area contributed by atoms with E-state index in [4.69, 9.17) is 11.6 Å². The average Bonchev–Trinajstić information content (AvgIpc) is 2.46. The van der Waals surface area contributed by atoms with Crippen LogP contribution in [0.4, 0.5) is 0 Å². The van der Waals surface area contributed by atoms with Gasteiger partial charge in [0.2, 0.25) is 0 Å². The number of nitrogens with zero attached hydrogens (tertiary/aromatic N) is 1. The van der Waals surface area contributed by atoms with Crippen molar-refractivity contribution >= 4 is 11.6 Å². The van der Waals surface area contributed by atoms with Gasteiger partial charge in [-0.3, -0.25) is 0 Å². The zero-order valence-corrected chi connectivity index (χ0v) is 8.35. The molecule has 0 saturated carbocycles. The molecule has 0 spiro atoms. The van der Waals surface area contributed by atoms with Crippen molar-refractivity contribution in [2.45, 2.75) is 18.9 Å². The van der Waals surface area contributed by atoms with E-state index in [1.165, 1.54) is 19.4 Å². The van der Waals surface area contributed by atoms with Crippen LogP contribution in [-0.2, 0) is 0 Å². The predicted molar refractivity (Wildman–Crippen MR) is 53.5 cm³/mol. The summed E-state index contributed by atoms with van der Waals surface area (Å²) in [5, 5.41) is 3.35. The van der Waals surface area contributed by atoms with Gasteiger partial charge in [0.15, 0.2) is 0 Å². The standard InChI is InChI=1S/C9H17ClN2/c1-12-7-2-4-9(12)8-11-6-3-5-10/h3,5,9,11H,2,4,6-8H2,1H3/b5-3+. The second-order valence-corrected chi connectivity index (χ2v) is 3.55. The highest BCUT2D eigenvalue weighted by atomic mass is 35.5. The monoisotopic (exact) mass is 188 g/mol. The number of hydrogen-bond acceptors (Lipinski definition) is 2. The average molecular weight is 189 g/mol. The molecule has 70 valence electrons. The summed E-state index contributed by atoms with van der Waals surface area (Å²) in [5.74, 6) is 0. The Labute approximate surface area is 79.6 Å². The van der Waals surface area contributed by atoms with E-state index < -0.39 is 0 Å². The molecule has 1 saturated heterocycles. The molecule has 1 N–H and O–H groups in total. The highest BCUT2D eigenvalue weighted by Crippen LogP contribution is 2.13. The SMILES string of the molecule is CN1CCCC1CNC/C=C/Cl. The zero-order chi connectivity index (χ0) is 8.81. The maximum atomic E-state index is 5.39. The lowest BCUT2D eigenvalue weighted by molar-refractivity contribution is 0.303. The van der Waals surface area contributed by atoms with Gasteiger partial charge in [-0.1, -0.05) is 17.7 Å². The minimum atomic E-state index is 0.730. The van der Waals surface area contributed by atoms with Crippen LogP contribution in [0.5, 0.6) is 0 Å². The molecular formula is C9H17ClN2. The van der Waals surface area contributed by atoms with Gasteiger partial charge in [0, 0.05) is 24.7 Å². The molecule has 1 heterocycles. The second-order valence-electron chi connectivity index (χ2n) is 3.30. The fourth-order valence-electron chi connectivity index (χ4n) is 1.61. The molecule has 2 nitrogen and oxygen atoms in total. The molecule has 1 unspecified atom stereocenters. The number of rotatable bonds is 4. The Kier molecular flexibility index (Phi) is 4.66. The molecule has 0 aromatic rings. The van der Waals surface area contributed by atoms with Crippen LogP contribution >= 0.6 is 11.6 Å². The van der Waals surface area contributed by atoms with Crippen molar-refractivity contribution in [2.75, 3.05) is 26.7 Å². The number of halogens is 1. The fourth-order valence-corrected chi connectivity index (χ4v) is 1.70. The molecule has 0 aliphatic carbocycles. The molecule has 1 rings (SSSR count). The minimum absolute atomic E-state index is 0.730. The van der Waals surface area contributed by atoms with Crippen LogP contribution in [0, 0.1) is 0 Å². The Morgan fingerprint density at radius 3 is 3.08 bits per heavy atom. The summed E-state index contributed by atoms with van der Waals surface area (Å²) in [6, 6.07) is 0.730. The van der Waals surface area contributed by atoms with E-state index in [2.05, 4.69) is 17.3 Å². The van der Waals surface area contributed by atoms with Crippen molar-refractivity contribution in [2.24, 2.45) is 0 Å². The molecular weight excluding hydrogens is 172 g/mol. The van der Waals surface area contributed by atoms with Gasteiger partial charge in [-0.2, -0.15) is 0 Å². The van der Waals surface area contributed by atoms with Gasteiger partial charge in [0.25, 0.3) is 0 Å². The molecule has 1 atom stereocenters. The zero-order valence-electron chi connectivity index (χ0n) is 7.59. The van der Waals surface area contributed by atoms with Crippen molar-refractivity contribution < 1.29 is 0 Å². The fraction of sp³-hybridized carbons (Fsp3) is 0.778. The third kappa shape index (κ3) is 3.13.